The fourth-order valence-corrected chi connectivity index (χ4v) is 2.63. The Morgan fingerprint density at radius 3 is 2.65 bits per heavy atom. The number of hydrogen-bond acceptors (Lipinski definition) is 6. The van der Waals surface area contributed by atoms with E-state index in [1.54, 1.807) is 24.3 Å². The summed E-state index contributed by atoms with van der Waals surface area (Å²) in [4.78, 5) is 18.1. The number of nitro benzene ring substituents is 1. The molecule has 3 rings (SSSR count). The predicted molar refractivity (Wildman–Crippen MR) is 94.9 cm³/mol. The lowest BCUT2D eigenvalue weighted by atomic mass is 10.1. The average Bonchev–Trinajstić information content (AvgIpc) is 2.67. The fourth-order valence-electron chi connectivity index (χ4n) is 2.63. The fraction of sp³-hybridized carbons (Fsp3) is 0.278. The second-order valence-electron chi connectivity index (χ2n) is 5.74. The molecule has 7 nitrogen and oxygen atoms in total. The smallest absolute Gasteiger partial charge is 0.293 e. The van der Waals surface area contributed by atoms with Crippen molar-refractivity contribution in [1.82, 2.24) is 0 Å². The third-order valence-corrected chi connectivity index (χ3v) is 3.97. The van der Waals surface area contributed by atoms with Gasteiger partial charge in [-0.05, 0) is 23.8 Å². The highest BCUT2D eigenvalue weighted by molar-refractivity contribution is 5.82. The second-order valence-corrected chi connectivity index (χ2v) is 5.74. The van der Waals surface area contributed by atoms with Gasteiger partial charge in [-0.2, -0.15) is 0 Å². The first kappa shape index (κ1) is 17.8. The molecule has 1 heterocycles. The number of ether oxygens (including phenoxy) is 1. The van der Waals surface area contributed by atoms with Gasteiger partial charge in [0.2, 0.25) is 0 Å². The van der Waals surface area contributed by atoms with Crippen LogP contribution in [0, 0.1) is 15.9 Å². The van der Waals surface area contributed by atoms with Gasteiger partial charge in [0, 0.05) is 24.7 Å². The topological polar surface area (TPSA) is 77.2 Å². The Morgan fingerprint density at radius 1 is 1.23 bits per heavy atom. The second kappa shape index (κ2) is 8.39. The molecule has 2 aromatic rings. The van der Waals surface area contributed by atoms with Crippen LogP contribution in [0.2, 0.25) is 0 Å². The third-order valence-electron chi connectivity index (χ3n) is 3.97. The summed E-state index contributed by atoms with van der Waals surface area (Å²) in [5, 5.41) is 15.2. The molecule has 0 aliphatic carbocycles. The van der Waals surface area contributed by atoms with Gasteiger partial charge in [-0.1, -0.05) is 23.4 Å². The van der Waals surface area contributed by atoms with Crippen LogP contribution in [0.5, 0.6) is 0 Å². The molecule has 1 saturated heterocycles. The Kier molecular flexibility index (Phi) is 5.75. The van der Waals surface area contributed by atoms with E-state index in [0.717, 1.165) is 5.56 Å². The molecule has 0 radical (unpaired) electrons. The molecule has 26 heavy (non-hydrogen) atoms. The largest absolute Gasteiger partial charge is 0.391 e. The van der Waals surface area contributed by atoms with Crippen molar-refractivity contribution in [3.05, 3.63) is 69.5 Å². The van der Waals surface area contributed by atoms with Gasteiger partial charge in [0.25, 0.3) is 5.69 Å². The zero-order chi connectivity index (χ0) is 18.4. The van der Waals surface area contributed by atoms with Crippen LogP contribution in [0.4, 0.5) is 15.8 Å². The lowest BCUT2D eigenvalue weighted by molar-refractivity contribution is -0.384. The zero-order valence-electron chi connectivity index (χ0n) is 14.0. The van der Waals surface area contributed by atoms with Crippen LogP contribution < -0.4 is 4.90 Å². The minimum atomic E-state index is -0.401. The van der Waals surface area contributed by atoms with Gasteiger partial charge in [-0.15, -0.1) is 0 Å². The first-order valence-electron chi connectivity index (χ1n) is 8.14. The van der Waals surface area contributed by atoms with Crippen molar-refractivity contribution < 1.29 is 18.9 Å². The number of halogens is 1. The summed E-state index contributed by atoms with van der Waals surface area (Å²) >= 11 is 0. The van der Waals surface area contributed by atoms with Crippen molar-refractivity contribution in [3.8, 4) is 0 Å². The van der Waals surface area contributed by atoms with Gasteiger partial charge in [-0.25, -0.2) is 4.39 Å². The van der Waals surface area contributed by atoms with E-state index in [1.807, 2.05) is 4.90 Å². The van der Waals surface area contributed by atoms with E-state index >= 15 is 0 Å². The number of rotatable bonds is 6. The van der Waals surface area contributed by atoms with Crippen molar-refractivity contribution in [1.29, 1.82) is 0 Å². The quantitative estimate of drug-likeness (QED) is 0.450. The Morgan fingerprint density at radius 2 is 1.96 bits per heavy atom. The monoisotopic (exact) mass is 359 g/mol. The van der Waals surface area contributed by atoms with Crippen molar-refractivity contribution >= 4 is 17.6 Å². The summed E-state index contributed by atoms with van der Waals surface area (Å²) in [5.74, 6) is -0.315. The summed E-state index contributed by atoms with van der Waals surface area (Å²) in [6.07, 6.45) is 1.42. The molecule has 0 amide bonds. The highest BCUT2D eigenvalue weighted by Gasteiger charge is 2.21. The van der Waals surface area contributed by atoms with Gasteiger partial charge in [0.05, 0.1) is 24.4 Å². The number of benzene rings is 2. The first-order valence-corrected chi connectivity index (χ1v) is 8.14. The normalized spacial score (nSPS) is 14.6. The summed E-state index contributed by atoms with van der Waals surface area (Å²) in [6, 6.07) is 10.8. The van der Waals surface area contributed by atoms with Crippen LogP contribution in [-0.2, 0) is 16.2 Å². The molecule has 1 aliphatic heterocycles. The zero-order valence-corrected chi connectivity index (χ0v) is 14.0. The van der Waals surface area contributed by atoms with E-state index < -0.39 is 4.92 Å². The number of morpholine rings is 1. The van der Waals surface area contributed by atoms with Crippen LogP contribution in [0.1, 0.15) is 11.1 Å². The van der Waals surface area contributed by atoms with Crippen LogP contribution in [0.15, 0.2) is 47.6 Å². The van der Waals surface area contributed by atoms with E-state index in [1.165, 1.54) is 24.4 Å². The van der Waals surface area contributed by atoms with E-state index in [9.17, 15) is 14.5 Å². The van der Waals surface area contributed by atoms with Crippen LogP contribution in [0.3, 0.4) is 0 Å². The summed E-state index contributed by atoms with van der Waals surface area (Å²) in [6.45, 7) is 2.53. The number of anilines is 1. The number of nitro groups is 1. The molecule has 1 aliphatic rings. The molecule has 0 spiro atoms. The van der Waals surface area contributed by atoms with Crippen LogP contribution >= 0.6 is 0 Å². The Bertz CT molecular complexity index is 790. The third kappa shape index (κ3) is 4.54. The SMILES string of the molecule is O=[N+]([O-])c1cc(/C=N\OCc2ccc(F)cc2)ccc1N1CCOCC1. The molecule has 0 bridgehead atoms. The van der Waals surface area contributed by atoms with Crippen LogP contribution in [-0.4, -0.2) is 37.4 Å². The van der Waals surface area contributed by atoms with Crippen molar-refractivity contribution in [3.63, 3.8) is 0 Å². The molecule has 2 aromatic carbocycles. The van der Waals surface area contributed by atoms with Gasteiger partial charge in [0.15, 0.2) is 0 Å². The minimum absolute atomic E-state index is 0.0226. The molecule has 8 heteroatoms. The number of oxime groups is 1. The summed E-state index contributed by atoms with van der Waals surface area (Å²) in [5.41, 5.74) is 1.93. The van der Waals surface area contributed by atoms with E-state index in [4.69, 9.17) is 9.57 Å². The molecule has 0 N–H and O–H groups in total. The lowest BCUT2D eigenvalue weighted by Gasteiger charge is -2.28. The maximum atomic E-state index is 12.8. The summed E-state index contributed by atoms with van der Waals surface area (Å²) in [7, 11) is 0. The highest BCUT2D eigenvalue weighted by atomic mass is 19.1. The molecular formula is C18H18FN3O4. The van der Waals surface area contributed by atoms with E-state index in [2.05, 4.69) is 5.16 Å². The van der Waals surface area contributed by atoms with Crippen molar-refractivity contribution in [2.45, 2.75) is 6.61 Å². The standard InChI is InChI=1S/C18H18FN3O4/c19-16-4-1-14(2-5-16)13-26-20-12-15-3-6-17(18(11-15)22(23)24)21-7-9-25-10-8-21/h1-6,11-12H,7-10,13H2/b20-12-. The minimum Gasteiger partial charge on any atom is -0.391 e. The van der Waals surface area contributed by atoms with Gasteiger partial charge < -0.3 is 14.5 Å². The number of hydrogen-bond donors (Lipinski definition) is 0. The van der Waals surface area contributed by atoms with E-state index in [-0.39, 0.29) is 18.1 Å². The highest BCUT2D eigenvalue weighted by Crippen LogP contribution is 2.29. The number of nitrogens with zero attached hydrogens (tertiary/aromatic N) is 3. The lowest BCUT2D eigenvalue weighted by Crippen LogP contribution is -2.36. The van der Waals surface area contributed by atoms with Crippen molar-refractivity contribution in [2.75, 3.05) is 31.2 Å². The molecule has 0 saturated carbocycles. The maximum Gasteiger partial charge on any atom is 0.293 e. The van der Waals surface area contributed by atoms with Gasteiger partial charge in [-0.3, -0.25) is 10.1 Å². The van der Waals surface area contributed by atoms with Gasteiger partial charge >= 0.3 is 0 Å². The molecular weight excluding hydrogens is 341 g/mol. The van der Waals surface area contributed by atoms with E-state index in [0.29, 0.717) is 37.6 Å². The molecule has 0 aromatic heterocycles. The predicted octanol–water partition coefficient (Wildman–Crippen LogP) is 3.12. The Labute approximate surface area is 149 Å². The molecule has 0 unspecified atom stereocenters. The Hall–Kier alpha value is -3.00. The van der Waals surface area contributed by atoms with Gasteiger partial charge in [0.1, 0.15) is 18.1 Å². The maximum absolute atomic E-state index is 12.8. The molecule has 136 valence electrons. The van der Waals surface area contributed by atoms with Crippen LogP contribution in [0.25, 0.3) is 0 Å². The molecule has 0 atom stereocenters. The van der Waals surface area contributed by atoms with Crippen molar-refractivity contribution in [2.24, 2.45) is 5.16 Å². The average molecular weight is 359 g/mol. The first-order chi connectivity index (χ1) is 12.6. The Balaban J connectivity index is 1.66. The summed E-state index contributed by atoms with van der Waals surface area (Å²) < 4.78 is 18.1. The molecule has 1 fully saturated rings.